The molecule has 4 amide bonds. The highest BCUT2D eigenvalue weighted by Gasteiger charge is 2.68. The van der Waals surface area contributed by atoms with Gasteiger partial charge in [-0.2, -0.15) is 10.6 Å². The number of ether oxygens (including phenoxy) is 3. The summed E-state index contributed by atoms with van der Waals surface area (Å²) in [5, 5.41) is 10.2. The highest BCUT2D eigenvalue weighted by Crippen LogP contribution is 2.65. The number of aromatic nitrogens is 1. The zero-order valence-electron chi connectivity index (χ0n) is 35.6. The molecule has 1 aromatic heterocycles. The summed E-state index contributed by atoms with van der Waals surface area (Å²) in [6.45, 7) is 12.1. The number of hydrogen-bond acceptors (Lipinski definition) is 13. The second-order valence-corrected chi connectivity index (χ2v) is 21.3. The van der Waals surface area contributed by atoms with Crippen LogP contribution in [0, 0.1) is 17.3 Å². The fraction of sp³-hybridized carbons (Fsp3) is 0.548. The first kappa shape index (κ1) is 44.7. The minimum Gasteiger partial charge on any atom is -0.496 e. The molecule has 2 aliphatic heterocycles. The molecule has 2 saturated heterocycles. The summed E-state index contributed by atoms with van der Waals surface area (Å²) in [7, 11) is -2.28. The first-order valence-electron chi connectivity index (χ1n) is 20.5. The van der Waals surface area contributed by atoms with Crippen LogP contribution in [0.2, 0.25) is 0 Å². The summed E-state index contributed by atoms with van der Waals surface area (Å²) in [5.74, 6) is -1.10. The smallest absolute Gasteiger partial charge is 0.482 e. The van der Waals surface area contributed by atoms with Gasteiger partial charge in [-0.1, -0.05) is 56.3 Å². The van der Waals surface area contributed by atoms with Gasteiger partial charge in [0.25, 0.3) is 0 Å². The predicted molar refractivity (Wildman–Crippen MR) is 232 cm³/mol. The fourth-order valence-electron chi connectivity index (χ4n) is 9.01. The van der Waals surface area contributed by atoms with E-state index in [-0.39, 0.29) is 77.2 Å². The van der Waals surface area contributed by atoms with E-state index in [9.17, 15) is 28.3 Å². The zero-order chi connectivity index (χ0) is 43.9. The lowest BCUT2D eigenvalue weighted by Crippen LogP contribution is -2.65. The third-order valence-corrected chi connectivity index (χ3v) is 14.9. The van der Waals surface area contributed by atoms with E-state index in [0.29, 0.717) is 11.5 Å². The van der Waals surface area contributed by atoms with Gasteiger partial charge in [-0.3, -0.25) is 19.2 Å². The van der Waals surface area contributed by atoms with Crippen LogP contribution in [0.15, 0.2) is 53.9 Å². The Labute approximate surface area is 362 Å². The molecule has 2 aromatic carbocycles. The van der Waals surface area contributed by atoms with Crippen LogP contribution in [0.25, 0.3) is 0 Å². The maximum Gasteiger partial charge on any atom is 0.482 e. The van der Waals surface area contributed by atoms with E-state index in [4.69, 9.17) is 23.5 Å². The number of methoxy groups -OCH3 is 1. The number of benzene rings is 2. The molecule has 3 aromatic rings. The lowest BCUT2D eigenvalue weighted by molar-refractivity contribution is -0.199. The Balaban J connectivity index is 1.17. The van der Waals surface area contributed by atoms with Crippen LogP contribution in [-0.2, 0) is 36.6 Å². The van der Waals surface area contributed by atoms with Crippen molar-refractivity contribution < 1.29 is 51.8 Å². The van der Waals surface area contributed by atoms with E-state index < -0.39 is 64.9 Å². The zero-order valence-corrected chi connectivity index (χ0v) is 37.2. The molecule has 3 aliphatic carbocycles. The number of hydrogen-bond donors (Lipinski definition) is 5. The molecule has 61 heavy (non-hydrogen) atoms. The molecule has 330 valence electrons. The van der Waals surface area contributed by atoms with Crippen molar-refractivity contribution >= 4 is 58.2 Å². The van der Waals surface area contributed by atoms with Crippen LogP contribution in [0.4, 0.5) is 14.7 Å². The average molecular weight is 882 g/mol. The summed E-state index contributed by atoms with van der Waals surface area (Å²) in [5.41, 5.74) is 0.382. The third-order valence-electron chi connectivity index (χ3n) is 12.4. The number of para-hydroxylation sites is 1. The summed E-state index contributed by atoms with van der Waals surface area (Å²) < 4.78 is 50.9. The molecule has 16 nitrogen and oxygen atoms in total. The van der Waals surface area contributed by atoms with Gasteiger partial charge >= 0.3 is 25.2 Å². The minimum absolute atomic E-state index is 0.00829. The molecule has 6 atom stereocenters. The van der Waals surface area contributed by atoms with Crippen LogP contribution in [0.3, 0.4) is 0 Å². The van der Waals surface area contributed by atoms with Crippen molar-refractivity contribution in [2.45, 2.75) is 96.7 Å². The molecule has 5 fully saturated rings. The number of nitrogens with one attached hydrogen (secondary N) is 3. The number of thiazole rings is 1. The van der Waals surface area contributed by atoms with Gasteiger partial charge in [0, 0.05) is 18.5 Å². The van der Waals surface area contributed by atoms with Gasteiger partial charge in [-0.05, 0) is 81.4 Å². The van der Waals surface area contributed by atoms with E-state index in [1.165, 1.54) is 12.0 Å². The first-order valence-corrected chi connectivity index (χ1v) is 23.3. The predicted octanol–water partition coefficient (Wildman–Crippen LogP) is 6.67. The Bertz CT molecular complexity index is 2110. The van der Waals surface area contributed by atoms with Gasteiger partial charge in [0.05, 0.1) is 42.0 Å². The maximum atomic E-state index is 14.8. The number of carbonyl (C=O) groups excluding carboxylic acids is 4. The standard InChI is InChI=1S/C42H56BN5O11S2/c1-40(2,3)57-36(50)28-15-11-14-26(34(28)55-7)20-32(43-58-31-22-27-21-30(41(27,4)5)42(31,6)59-43)45-35(49)33(46-38(51)48-16-18-61(53,54)19-17-48)29-24-60-37(44-29)47-39(52)56-23-25-12-9-8-10-13-25/h8-15,24,27,30-33,53-54H,16-23H2,1-7H3,(H,45,49)(H,46,51)(H,44,47,52)/t27?,30?,31?,32-,33?,42-/m0/s1. The number of esters is 1. The topological polar surface area (TPSA) is 207 Å². The van der Waals surface area contributed by atoms with Crippen molar-refractivity contribution in [2.75, 3.05) is 37.0 Å². The van der Waals surface area contributed by atoms with Crippen LogP contribution < -0.4 is 20.7 Å². The number of urea groups is 1. The highest BCUT2D eigenvalue weighted by atomic mass is 32.3. The molecule has 5 aliphatic rings. The van der Waals surface area contributed by atoms with E-state index >= 15 is 0 Å². The normalized spacial score (nSPS) is 25.2. The summed E-state index contributed by atoms with van der Waals surface area (Å²) >= 11 is 1.04. The van der Waals surface area contributed by atoms with Crippen LogP contribution >= 0.6 is 21.9 Å². The monoisotopic (exact) mass is 881 g/mol. The van der Waals surface area contributed by atoms with Gasteiger partial charge in [-0.15, -0.1) is 11.3 Å². The second-order valence-electron chi connectivity index (χ2n) is 18.0. The van der Waals surface area contributed by atoms with Gasteiger partial charge in [0.2, 0.25) is 5.91 Å². The number of anilines is 1. The average Bonchev–Trinajstić information content (AvgIpc) is 3.82. The van der Waals surface area contributed by atoms with E-state index in [1.807, 2.05) is 30.3 Å². The molecular formula is C42H56BN5O11S2. The van der Waals surface area contributed by atoms with E-state index in [1.54, 1.807) is 44.4 Å². The summed E-state index contributed by atoms with van der Waals surface area (Å²) in [6, 6.07) is 12.3. The van der Waals surface area contributed by atoms with Crippen molar-refractivity contribution in [1.82, 2.24) is 20.5 Å². The molecule has 2 bridgehead atoms. The van der Waals surface area contributed by atoms with Gasteiger partial charge < -0.3 is 39.1 Å². The van der Waals surface area contributed by atoms with E-state index in [2.05, 4.69) is 41.7 Å². The quantitative estimate of drug-likeness (QED) is 0.0956. The lowest BCUT2D eigenvalue weighted by Gasteiger charge is -2.64. The van der Waals surface area contributed by atoms with Crippen molar-refractivity contribution in [3.8, 4) is 5.75 Å². The molecule has 0 spiro atoms. The summed E-state index contributed by atoms with van der Waals surface area (Å²) in [4.78, 5) is 60.7. The SMILES string of the molecule is COc1c(C[C@H](NC(=O)C(NC(=O)N2CCS(O)(O)CC2)c2csc(NC(=O)OCc3ccccc3)n2)B2OC3CC4CC(C4(C)C)[C@]3(C)O2)cccc1C(=O)OC(C)(C)C. The highest BCUT2D eigenvalue weighted by molar-refractivity contribution is 8.24. The molecular weight excluding hydrogens is 825 g/mol. The first-order chi connectivity index (χ1) is 28.8. The lowest BCUT2D eigenvalue weighted by atomic mass is 9.43. The third kappa shape index (κ3) is 9.81. The maximum absolute atomic E-state index is 14.8. The van der Waals surface area contributed by atoms with Gasteiger partial charge in [0.1, 0.15) is 23.5 Å². The molecule has 3 saturated carbocycles. The number of carbonyl (C=O) groups is 4. The number of nitrogens with zero attached hydrogens (tertiary/aromatic N) is 2. The van der Waals surface area contributed by atoms with Gasteiger partial charge in [-0.25, -0.2) is 19.4 Å². The molecule has 19 heteroatoms. The molecule has 5 N–H and O–H groups in total. The Morgan fingerprint density at radius 2 is 1.75 bits per heavy atom. The molecule has 3 heterocycles. The fourth-order valence-corrected chi connectivity index (χ4v) is 11.0. The Morgan fingerprint density at radius 1 is 1.03 bits per heavy atom. The van der Waals surface area contributed by atoms with Crippen LogP contribution in [-0.4, -0.2) is 105 Å². The molecule has 8 rings (SSSR count). The Kier molecular flexibility index (Phi) is 12.7. The largest absolute Gasteiger partial charge is 0.496 e. The Morgan fingerprint density at radius 3 is 2.43 bits per heavy atom. The van der Waals surface area contributed by atoms with Crippen molar-refractivity contribution in [1.29, 1.82) is 0 Å². The Hall–Kier alpha value is -4.40. The molecule has 4 unspecified atom stereocenters. The summed E-state index contributed by atoms with van der Waals surface area (Å²) in [6.07, 6.45) is 0.934. The van der Waals surface area contributed by atoms with Crippen molar-refractivity contribution in [3.05, 3.63) is 76.3 Å². The minimum atomic E-state index is -2.81. The van der Waals surface area contributed by atoms with Gasteiger partial charge in [0.15, 0.2) is 11.2 Å². The molecule has 0 radical (unpaired) electrons. The van der Waals surface area contributed by atoms with Crippen molar-refractivity contribution in [3.63, 3.8) is 0 Å². The number of rotatable bonds is 12. The van der Waals surface area contributed by atoms with Crippen LogP contribution in [0.5, 0.6) is 5.75 Å². The second kappa shape index (κ2) is 17.4. The van der Waals surface area contributed by atoms with E-state index in [0.717, 1.165) is 29.7 Å². The van der Waals surface area contributed by atoms with Crippen molar-refractivity contribution in [2.24, 2.45) is 17.3 Å². The van der Waals surface area contributed by atoms with Crippen LogP contribution in [0.1, 0.15) is 87.6 Å². The number of amides is 4.